The molecule has 2 amide bonds. The third kappa shape index (κ3) is 6.22. The molecular weight excluding hydrogens is 542 g/mol. The fourth-order valence-corrected chi connectivity index (χ4v) is 5.74. The Labute approximate surface area is 252 Å². The Balaban J connectivity index is 1.38. The van der Waals surface area contributed by atoms with Gasteiger partial charge in [-0.2, -0.15) is 0 Å². The molecule has 41 heavy (non-hydrogen) atoms. The Hall–Kier alpha value is -4.31. The highest BCUT2D eigenvalue weighted by molar-refractivity contribution is 7.90. The summed E-state index contributed by atoms with van der Waals surface area (Å²) in [6, 6.07) is 15.4. The SMILES string of the molecule is [2H]C1([2H])C([2H])([2H])C([2H])([2H])C([2H])(OC(=O)Nc2ccc3c(c2)c(Cc2ccc(C(=O)NS(=O)(=O)c4ccccc4C)cc2OC)cn3C)C1([2H])[2H]. The highest BCUT2D eigenvalue weighted by atomic mass is 32.2. The second kappa shape index (κ2) is 11.7. The summed E-state index contributed by atoms with van der Waals surface area (Å²) in [4.78, 5) is 25.9. The third-order valence-corrected chi connectivity index (χ3v) is 7.96. The van der Waals surface area contributed by atoms with Gasteiger partial charge in [-0.05, 0) is 85.5 Å². The molecule has 0 atom stereocenters. The van der Waals surface area contributed by atoms with Crippen LogP contribution in [0.5, 0.6) is 5.75 Å². The Morgan fingerprint density at radius 1 is 1.07 bits per heavy atom. The van der Waals surface area contributed by atoms with E-state index in [0.29, 0.717) is 22.3 Å². The minimum absolute atomic E-state index is 0.0278. The molecule has 1 aliphatic rings. The van der Waals surface area contributed by atoms with Crippen LogP contribution in [0.2, 0.25) is 0 Å². The van der Waals surface area contributed by atoms with Gasteiger partial charge in [0.05, 0.1) is 13.4 Å². The van der Waals surface area contributed by atoms with Crippen LogP contribution in [0.1, 0.15) is 64.9 Å². The molecule has 5 rings (SSSR count). The molecule has 0 spiro atoms. The Morgan fingerprint density at radius 3 is 2.56 bits per heavy atom. The van der Waals surface area contributed by atoms with Crippen molar-refractivity contribution in [2.24, 2.45) is 7.05 Å². The summed E-state index contributed by atoms with van der Waals surface area (Å²) in [6.07, 6.45) is -17.2. The lowest BCUT2D eigenvalue weighted by Gasteiger charge is -2.13. The number of methoxy groups -OCH3 is 1. The first-order valence-electron chi connectivity index (χ1n) is 16.9. The second-order valence-corrected chi connectivity index (χ2v) is 10.9. The zero-order valence-corrected chi connectivity index (χ0v) is 23.2. The number of benzene rings is 3. The van der Waals surface area contributed by atoms with Crippen LogP contribution >= 0.6 is 0 Å². The number of rotatable bonds is 8. The zero-order valence-electron chi connectivity index (χ0n) is 31.4. The molecule has 3 aromatic carbocycles. The lowest BCUT2D eigenvalue weighted by Crippen LogP contribution is -2.31. The minimum Gasteiger partial charge on any atom is -0.496 e. The molecule has 0 aliphatic heterocycles. The van der Waals surface area contributed by atoms with Crippen LogP contribution in [0, 0.1) is 6.92 Å². The molecule has 2 N–H and O–H groups in total. The molecule has 1 heterocycles. The van der Waals surface area contributed by atoms with Crippen molar-refractivity contribution in [2.45, 2.75) is 49.8 Å². The number of sulfonamides is 1. The largest absolute Gasteiger partial charge is 0.496 e. The van der Waals surface area contributed by atoms with Crippen molar-refractivity contribution in [3.8, 4) is 5.75 Å². The second-order valence-electron chi connectivity index (χ2n) is 9.24. The average molecular weight is 585 g/mol. The molecule has 4 aromatic rings. The molecule has 0 bridgehead atoms. The van der Waals surface area contributed by atoms with Crippen LogP contribution < -0.4 is 14.8 Å². The number of hydrogen-bond donors (Lipinski definition) is 2. The molecule has 10 heteroatoms. The van der Waals surface area contributed by atoms with Gasteiger partial charge in [-0.3, -0.25) is 10.1 Å². The first-order chi connectivity index (χ1) is 23.0. The third-order valence-electron chi connectivity index (χ3n) is 6.47. The van der Waals surface area contributed by atoms with Crippen LogP contribution in [0.25, 0.3) is 10.9 Å². The fraction of sp³-hybridized carbons (Fsp3) is 0.290. The van der Waals surface area contributed by atoms with Crippen molar-refractivity contribution in [3.63, 3.8) is 0 Å². The lowest BCUT2D eigenvalue weighted by atomic mass is 10.0. The number of nitrogens with one attached hydrogen (secondary N) is 2. The number of carbonyl (C=O) groups excluding carboxylic acids is 2. The van der Waals surface area contributed by atoms with E-state index in [1.165, 1.54) is 31.4 Å². The predicted molar refractivity (Wildman–Crippen MR) is 157 cm³/mol. The van der Waals surface area contributed by atoms with Gasteiger partial charge >= 0.3 is 6.09 Å². The molecule has 214 valence electrons. The van der Waals surface area contributed by atoms with E-state index in [1.807, 2.05) is 10.8 Å². The number of hydrogen-bond acceptors (Lipinski definition) is 6. The Bertz CT molecular complexity index is 2110. The van der Waals surface area contributed by atoms with Crippen molar-refractivity contribution < 1.29 is 39.8 Å². The first-order valence-corrected chi connectivity index (χ1v) is 13.9. The molecule has 0 saturated heterocycles. The number of amides is 2. The highest BCUT2D eigenvalue weighted by Gasteiger charge is 2.22. The van der Waals surface area contributed by atoms with Crippen molar-refractivity contribution >= 4 is 38.6 Å². The maximum absolute atomic E-state index is 13.0. The van der Waals surface area contributed by atoms with Crippen LogP contribution in [0.15, 0.2) is 71.8 Å². The minimum atomic E-state index is -4.15. The maximum Gasteiger partial charge on any atom is 0.411 e. The smallest absolute Gasteiger partial charge is 0.411 e. The normalized spacial score (nSPS) is 22.7. The maximum atomic E-state index is 13.0. The van der Waals surface area contributed by atoms with Crippen molar-refractivity contribution in [1.82, 2.24) is 9.29 Å². The van der Waals surface area contributed by atoms with E-state index < -0.39 is 53.6 Å². The van der Waals surface area contributed by atoms with Gasteiger partial charge in [-0.25, -0.2) is 17.9 Å². The van der Waals surface area contributed by atoms with E-state index in [9.17, 15) is 18.0 Å². The van der Waals surface area contributed by atoms with Crippen LogP contribution in [-0.2, 0) is 28.2 Å². The molecule has 0 radical (unpaired) electrons. The van der Waals surface area contributed by atoms with E-state index in [1.54, 1.807) is 50.4 Å². The molecule has 1 saturated carbocycles. The number of aryl methyl sites for hydroxylation is 2. The van der Waals surface area contributed by atoms with Gasteiger partial charge in [0.2, 0.25) is 0 Å². The Kier molecular flexibility index (Phi) is 5.38. The van der Waals surface area contributed by atoms with E-state index >= 15 is 0 Å². The number of nitrogens with zero attached hydrogens (tertiary/aromatic N) is 1. The summed E-state index contributed by atoms with van der Waals surface area (Å²) >= 11 is 0. The molecule has 1 aliphatic carbocycles. The summed E-state index contributed by atoms with van der Waals surface area (Å²) in [5.74, 6) is -0.562. The fourth-order valence-electron chi connectivity index (χ4n) is 4.52. The summed E-state index contributed by atoms with van der Waals surface area (Å²) in [5, 5.41) is 2.93. The van der Waals surface area contributed by atoms with Gasteiger partial charge in [0.1, 0.15) is 11.8 Å². The van der Waals surface area contributed by atoms with Crippen LogP contribution in [-0.4, -0.2) is 38.2 Å². The zero-order chi connectivity index (χ0) is 37.2. The van der Waals surface area contributed by atoms with Crippen LogP contribution in [0.3, 0.4) is 0 Å². The van der Waals surface area contributed by atoms with E-state index in [0.717, 1.165) is 11.1 Å². The molecule has 1 fully saturated rings. The van der Waals surface area contributed by atoms with Crippen LogP contribution in [0.4, 0.5) is 10.5 Å². The monoisotopic (exact) mass is 584 g/mol. The van der Waals surface area contributed by atoms with Crippen molar-refractivity contribution in [1.29, 1.82) is 0 Å². The van der Waals surface area contributed by atoms with E-state index in [2.05, 4.69) is 10.0 Å². The van der Waals surface area contributed by atoms with Crippen molar-refractivity contribution in [2.75, 3.05) is 12.4 Å². The topological polar surface area (TPSA) is 116 Å². The number of carbonyl (C=O) groups is 2. The summed E-state index contributed by atoms with van der Waals surface area (Å²) in [6.45, 7) is 1.62. The van der Waals surface area contributed by atoms with Gasteiger partial charge in [0.15, 0.2) is 0 Å². The Morgan fingerprint density at radius 2 is 1.83 bits per heavy atom. The van der Waals surface area contributed by atoms with Gasteiger partial charge < -0.3 is 14.0 Å². The molecular formula is C31H33N3O6S. The highest BCUT2D eigenvalue weighted by Crippen LogP contribution is 2.30. The average Bonchev–Trinajstić information content (AvgIpc) is 3.35. The quantitative estimate of drug-likeness (QED) is 0.275. The van der Waals surface area contributed by atoms with Gasteiger partial charge in [-0.1, -0.05) is 24.3 Å². The van der Waals surface area contributed by atoms with E-state index in [4.69, 9.17) is 21.8 Å². The molecule has 1 aromatic heterocycles. The number of aromatic nitrogens is 1. The van der Waals surface area contributed by atoms with Gasteiger partial charge in [0, 0.05) is 52.8 Å². The standard InChI is InChI=1S/C31H33N3O6S/c1-20-8-4-7-11-29(20)41(37,38)33-30(35)22-13-12-21(28(17-22)39-3)16-23-19-34(2)27-15-14-24(18-26(23)27)32-31(36)40-25-9-5-6-10-25/h4,7-8,11-15,17-19,25H,5-6,9-10,16H2,1-3H3,(H,32,36)(H,33,35)/i5D2,6D2,9D2,10D2,25D. The van der Waals surface area contributed by atoms with Crippen molar-refractivity contribution in [3.05, 3.63) is 89.1 Å². The summed E-state index contributed by atoms with van der Waals surface area (Å²) < 4.78 is 112. The number of fused-ring (bicyclic) bond motifs is 1. The number of anilines is 1. The lowest BCUT2D eigenvalue weighted by molar-refractivity contribution is 0.0980. The van der Waals surface area contributed by atoms with E-state index in [-0.39, 0.29) is 22.6 Å². The molecule has 0 unspecified atom stereocenters. The number of ether oxygens (including phenoxy) is 2. The summed E-state index contributed by atoms with van der Waals surface area (Å²) in [5.41, 5.74) is 2.67. The van der Waals surface area contributed by atoms with Gasteiger partial charge in [-0.15, -0.1) is 0 Å². The summed E-state index contributed by atoms with van der Waals surface area (Å²) in [7, 11) is -0.970. The first kappa shape index (κ1) is 18.9. The predicted octanol–water partition coefficient (Wildman–Crippen LogP) is 5.70. The molecule has 9 nitrogen and oxygen atoms in total. The van der Waals surface area contributed by atoms with Gasteiger partial charge in [0.25, 0.3) is 15.9 Å².